The van der Waals surface area contributed by atoms with Gasteiger partial charge in [-0.15, -0.1) is 11.8 Å². The third-order valence-corrected chi connectivity index (χ3v) is 7.31. The Kier molecular flexibility index (Phi) is 3.23. The summed E-state index contributed by atoms with van der Waals surface area (Å²) < 4.78 is 6.03. The van der Waals surface area contributed by atoms with Crippen molar-refractivity contribution in [1.82, 2.24) is 0 Å². The monoisotopic (exact) mass is 293 g/mol. The maximum Gasteiger partial charge on any atom is 0.191 e. The summed E-state index contributed by atoms with van der Waals surface area (Å²) in [6, 6.07) is 10.4. The Morgan fingerprint density at radius 1 is 1.16 bits per heavy atom. The summed E-state index contributed by atoms with van der Waals surface area (Å²) >= 11 is 3.69. The average Bonchev–Trinajstić information content (AvgIpc) is 2.79. The molecule has 4 heteroatoms. The molecule has 2 aliphatic rings. The fourth-order valence-electron chi connectivity index (χ4n) is 2.35. The molecule has 1 aromatic rings. The quantitative estimate of drug-likeness (QED) is 0.776. The molecule has 3 rings (SSSR count). The van der Waals surface area contributed by atoms with E-state index in [-0.39, 0.29) is 15.9 Å². The van der Waals surface area contributed by atoms with Gasteiger partial charge < -0.3 is 4.74 Å². The second-order valence-electron chi connectivity index (χ2n) is 5.65. The average molecular weight is 293 g/mol. The van der Waals surface area contributed by atoms with Gasteiger partial charge in [0.25, 0.3) is 0 Å². The minimum Gasteiger partial charge on any atom is -0.348 e. The van der Waals surface area contributed by atoms with Crippen molar-refractivity contribution < 1.29 is 4.74 Å². The molecule has 0 N–H and O–H groups in total. The second kappa shape index (κ2) is 4.54. The molecule has 0 amide bonds. The van der Waals surface area contributed by atoms with Crippen molar-refractivity contribution in [2.45, 2.75) is 48.9 Å². The third-order valence-electron chi connectivity index (χ3n) is 3.73. The van der Waals surface area contributed by atoms with Crippen molar-refractivity contribution in [3.63, 3.8) is 0 Å². The van der Waals surface area contributed by atoms with E-state index in [0.717, 1.165) is 5.04 Å². The van der Waals surface area contributed by atoms with Crippen molar-refractivity contribution in [1.29, 1.82) is 0 Å². The van der Waals surface area contributed by atoms with Crippen LogP contribution in [0.4, 0.5) is 0 Å². The number of rotatable bonds is 1. The summed E-state index contributed by atoms with van der Waals surface area (Å²) in [5.41, 5.74) is 0.987. The summed E-state index contributed by atoms with van der Waals surface area (Å²) in [6.45, 7) is 8.74. The SMILES string of the molecule is C[C@@H]1O[C@@]2(SC(c3ccccc3)=NC2(C)C)S[C@@H]1C. The number of benzene rings is 1. The molecule has 0 unspecified atom stereocenters. The Labute approximate surface area is 123 Å². The first-order valence-corrected chi connectivity index (χ1v) is 8.33. The third kappa shape index (κ3) is 2.14. The topological polar surface area (TPSA) is 21.6 Å². The van der Waals surface area contributed by atoms with Crippen molar-refractivity contribution in [3.05, 3.63) is 35.9 Å². The van der Waals surface area contributed by atoms with E-state index in [1.54, 1.807) is 11.8 Å². The highest BCUT2D eigenvalue weighted by Crippen LogP contribution is 2.60. The number of hydrogen-bond donors (Lipinski definition) is 0. The zero-order valence-electron chi connectivity index (χ0n) is 11.7. The lowest BCUT2D eigenvalue weighted by atomic mass is 10.1. The van der Waals surface area contributed by atoms with Gasteiger partial charge in [-0.3, -0.25) is 4.99 Å². The molecule has 2 heterocycles. The van der Waals surface area contributed by atoms with Gasteiger partial charge in [0.05, 0.1) is 6.10 Å². The molecule has 0 aliphatic carbocycles. The van der Waals surface area contributed by atoms with Crippen molar-refractivity contribution in [2.24, 2.45) is 4.99 Å². The summed E-state index contributed by atoms with van der Waals surface area (Å²) in [5, 5.41) is 1.61. The maximum absolute atomic E-state index is 6.30. The summed E-state index contributed by atoms with van der Waals surface area (Å²) in [7, 11) is 0. The van der Waals surface area contributed by atoms with Crippen LogP contribution < -0.4 is 0 Å². The fourth-order valence-corrected chi connectivity index (χ4v) is 5.79. The Balaban J connectivity index is 1.94. The number of hydrogen-bond acceptors (Lipinski definition) is 4. The molecule has 2 aliphatic heterocycles. The second-order valence-corrected chi connectivity index (χ2v) is 8.62. The van der Waals surface area contributed by atoms with Gasteiger partial charge in [0.15, 0.2) is 4.27 Å². The highest BCUT2D eigenvalue weighted by Gasteiger charge is 2.59. The van der Waals surface area contributed by atoms with Gasteiger partial charge in [-0.05, 0) is 20.8 Å². The zero-order valence-corrected chi connectivity index (χ0v) is 13.3. The van der Waals surface area contributed by atoms with Crippen LogP contribution in [0.25, 0.3) is 0 Å². The lowest BCUT2D eigenvalue weighted by Crippen LogP contribution is -2.40. The van der Waals surface area contributed by atoms with Gasteiger partial charge in [-0.25, -0.2) is 0 Å². The first-order chi connectivity index (χ1) is 8.94. The zero-order chi connectivity index (χ0) is 13.7. The first kappa shape index (κ1) is 13.5. The van der Waals surface area contributed by atoms with Gasteiger partial charge in [0, 0.05) is 10.8 Å². The lowest BCUT2D eigenvalue weighted by Gasteiger charge is -2.33. The van der Waals surface area contributed by atoms with Crippen LogP contribution in [0.5, 0.6) is 0 Å². The van der Waals surface area contributed by atoms with Crippen LogP contribution in [0, 0.1) is 0 Å². The lowest BCUT2D eigenvalue weighted by molar-refractivity contribution is 0.0177. The van der Waals surface area contributed by atoms with Crippen LogP contribution in [0.2, 0.25) is 0 Å². The van der Waals surface area contributed by atoms with Crippen molar-refractivity contribution >= 4 is 28.6 Å². The van der Waals surface area contributed by atoms with Gasteiger partial charge >= 0.3 is 0 Å². The molecule has 19 heavy (non-hydrogen) atoms. The van der Waals surface area contributed by atoms with Crippen molar-refractivity contribution in [3.8, 4) is 0 Å². The first-order valence-electron chi connectivity index (χ1n) is 6.63. The Morgan fingerprint density at radius 3 is 2.42 bits per heavy atom. The Hall–Kier alpha value is -0.450. The smallest absolute Gasteiger partial charge is 0.191 e. The number of aliphatic imine (C=N–C) groups is 1. The van der Waals surface area contributed by atoms with E-state index in [4.69, 9.17) is 9.73 Å². The summed E-state index contributed by atoms with van der Waals surface area (Å²) in [4.78, 5) is 4.93. The van der Waals surface area contributed by atoms with Gasteiger partial charge in [0.2, 0.25) is 0 Å². The molecule has 1 saturated heterocycles. The molecular weight excluding hydrogens is 274 g/mol. The Morgan fingerprint density at radius 2 is 1.84 bits per heavy atom. The normalized spacial score (nSPS) is 36.7. The highest BCUT2D eigenvalue weighted by atomic mass is 32.2. The van der Waals surface area contributed by atoms with Crippen LogP contribution in [0.3, 0.4) is 0 Å². The van der Waals surface area contributed by atoms with E-state index in [2.05, 4.69) is 52.0 Å². The van der Waals surface area contributed by atoms with E-state index in [0.29, 0.717) is 5.25 Å². The van der Waals surface area contributed by atoms with Crippen LogP contribution in [-0.2, 0) is 4.74 Å². The molecule has 1 fully saturated rings. The highest BCUT2D eigenvalue weighted by molar-refractivity contribution is 8.26. The molecule has 2 nitrogen and oxygen atoms in total. The standard InChI is InChI=1S/C15H19NOS2/c1-10-11(2)18-15(17-10)14(3,4)16-13(19-15)12-8-6-5-7-9-12/h5-11H,1-4H3/t10-,11+,15+/m0/s1. The van der Waals surface area contributed by atoms with Crippen LogP contribution in [0.1, 0.15) is 33.3 Å². The van der Waals surface area contributed by atoms with Crippen LogP contribution in [-0.4, -0.2) is 26.2 Å². The minimum absolute atomic E-state index is 0.202. The number of nitrogens with zero attached hydrogens (tertiary/aromatic N) is 1. The van der Waals surface area contributed by atoms with E-state index >= 15 is 0 Å². The van der Waals surface area contributed by atoms with Gasteiger partial charge in [-0.2, -0.15) is 0 Å². The molecule has 0 saturated carbocycles. The largest absolute Gasteiger partial charge is 0.348 e. The maximum atomic E-state index is 6.30. The summed E-state index contributed by atoms with van der Waals surface area (Å²) in [5.74, 6) is 0. The molecule has 0 bridgehead atoms. The van der Waals surface area contributed by atoms with Crippen molar-refractivity contribution in [2.75, 3.05) is 0 Å². The molecule has 1 aromatic carbocycles. The van der Waals surface area contributed by atoms with Crippen LogP contribution in [0.15, 0.2) is 35.3 Å². The predicted octanol–water partition coefficient (Wildman–Crippen LogP) is 4.15. The number of thioether (sulfide) groups is 2. The van der Waals surface area contributed by atoms with E-state index < -0.39 is 0 Å². The molecule has 0 radical (unpaired) electrons. The molecule has 0 aromatic heterocycles. The van der Waals surface area contributed by atoms with E-state index in [1.165, 1.54) is 5.56 Å². The van der Waals surface area contributed by atoms with E-state index in [1.807, 2.05) is 17.8 Å². The minimum atomic E-state index is -0.267. The summed E-state index contributed by atoms with van der Waals surface area (Å²) in [6.07, 6.45) is 0.280. The molecule has 3 atom stereocenters. The van der Waals surface area contributed by atoms with E-state index in [9.17, 15) is 0 Å². The van der Waals surface area contributed by atoms with Crippen LogP contribution >= 0.6 is 23.5 Å². The molecular formula is C15H19NOS2. The molecule has 102 valence electrons. The number of ether oxygens (including phenoxy) is 1. The Bertz CT molecular complexity index is 502. The van der Waals surface area contributed by atoms with Gasteiger partial charge in [-0.1, -0.05) is 49.0 Å². The van der Waals surface area contributed by atoms with Gasteiger partial charge in [0.1, 0.15) is 10.6 Å². The predicted molar refractivity (Wildman–Crippen MR) is 85.0 cm³/mol. The fraction of sp³-hybridized carbons (Fsp3) is 0.533. The molecule has 1 spiro atoms.